The van der Waals surface area contributed by atoms with Gasteiger partial charge in [0.15, 0.2) is 0 Å². The van der Waals surface area contributed by atoms with Crippen LogP contribution in [-0.2, 0) is 17.8 Å². The van der Waals surface area contributed by atoms with E-state index in [1.165, 1.54) is 0 Å². The fraction of sp³-hybridized carbons (Fsp3) is 0.579. The van der Waals surface area contributed by atoms with Crippen molar-refractivity contribution in [2.24, 2.45) is 0 Å². The van der Waals surface area contributed by atoms with Gasteiger partial charge in [-0.05, 0) is 51.1 Å². The van der Waals surface area contributed by atoms with Crippen molar-refractivity contribution < 1.29 is 13.6 Å². The van der Waals surface area contributed by atoms with Crippen molar-refractivity contribution in [3.05, 3.63) is 47.3 Å². The molecule has 1 aliphatic rings. The molecule has 2 aromatic heterocycles. The molecule has 0 unspecified atom stereocenters. The molecule has 5 heteroatoms. The normalized spacial score (nSPS) is 16.1. The molecule has 2 aromatic rings. The van der Waals surface area contributed by atoms with Gasteiger partial charge in [-0.15, -0.1) is 0 Å². The Labute approximate surface area is 144 Å². The summed E-state index contributed by atoms with van der Waals surface area (Å²) in [6, 6.07) is 8.19. The van der Waals surface area contributed by atoms with Crippen LogP contribution in [0.4, 0.5) is 0 Å². The second kappa shape index (κ2) is 8.51. The molecule has 0 bridgehead atoms. The highest BCUT2D eigenvalue weighted by molar-refractivity contribution is 5.07. The SMILES string of the molecule is Cc1ccc(CN(CCCN2CCOCC2)Cc2ccc(C)o2)o1. The second-order valence-electron chi connectivity index (χ2n) is 6.54. The Morgan fingerprint density at radius 2 is 1.50 bits per heavy atom. The van der Waals surface area contributed by atoms with Crippen LogP contribution in [0.3, 0.4) is 0 Å². The van der Waals surface area contributed by atoms with Crippen LogP contribution in [0.2, 0.25) is 0 Å². The van der Waals surface area contributed by atoms with Gasteiger partial charge in [0.25, 0.3) is 0 Å². The van der Waals surface area contributed by atoms with Crippen LogP contribution in [0.1, 0.15) is 29.5 Å². The quantitative estimate of drug-likeness (QED) is 0.742. The molecule has 0 saturated carbocycles. The third-order valence-electron chi connectivity index (χ3n) is 4.40. The van der Waals surface area contributed by atoms with Gasteiger partial charge in [-0.2, -0.15) is 0 Å². The minimum atomic E-state index is 0.816. The Kier molecular flexibility index (Phi) is 6.12. The fourth-order valence-electron chi connectivity index (χ4n) is 3.14. The predicted octanol–water partition coefficient (Wildman–Crippen LogP) is 3.21. The number of nitrogens with zero attached hydrogens (tertiary/aromatic N) is 2. The number of ether oxygens (including phenoxy) is 1. The maximum atomic E-state index is 5.75. The molecule has 3 heterocycles. The molecular formula is C19H28N2O3. The average Bonchev–Trinajstić information content (AvgIpc) is 3.16. The van der Waals surface area contributed by atoms with Crippen LogP contribution in [-0.4, -0.2) is 49.2 Å². The maximum Gasteiger partial charge on any atom is 0.118 e. The zero-order valence-electron chi connectivity index (χ0n) is 14.8. The van der Waals surface area contributed by atoms with Crippen LogP contribution in [0, 0.1) is 13.8 Å². The first-order chi connectivity index (χ1) is 11.7. The highest BCUT2D eigenvalue weighted by atomic mass is 16.5. The number of hydrogen-bond acceptors (Lipinski definition) is 5. The number of hydrogen-bond donors (Lipinski definition) is 0. The summed E-state index contributed by atoms with van der Waals surface area (Å²) in [7, 11) is 0. The summed E-state index contributed by atoms with van der Waals surface area (Å²) in [4.78, 5) is 4.88. The maximum absolute atomic E-state index is 5.75. The lowest BCUT2D eigenvalue weighted by atomic mass is 10.3. The topological polar surface area (TPSA) is 42.0 Å². The van der Waals surface area contributed by atoms with Crippen LogP contribution in [0.25, 0.3) is 0 Å². The molecule has 0 atom stereocenters. The van der Waals surface area contributed by atoms with Crippen molar-refractivity contribution in [1.29, 1.82) is 0 Å². The number of rotatable bonds is 8. The molecule has 1 saturated heterocycles. The number of furan rings is 2. The molecule has 0 aromatic carbocycles. The van der Waals surface area contributed by atoms with E-state index in [0.29, 0.717) is 0 Å². The Hall–Kier alpha value is -1.56. The smallest absolute Gasteiger partial charge is 0.118 e. The Balaban J connectivity index is 1.53. The highest BCUT2D eigenvalue weighted by Crippen LogP contribution is 2.15. The number of aryl methyl sites for hydroxylation is 2. The van der Waals surface area contributed by atoms with E-state index < -0.39 is 0 Å². The minimum absolute atomic E-state index is 0.816. The first-order valence-electron chi connectivity index (χ1n) is 8.82. The lowest BCUT2D eigenvalue weighted by molar-refractivity contribution is 0.0356. The molecule has 24 heavy (non-hydrogen) atoms. The van der Waals surface area contributed by atoms with E-state index in [0.717, 1.165) is 81.9 Å². The van der Waals surface area contributed by atoms with E-state index in [9.17, 15) is 0 Å². The predicted molar refractivity (Wildman–Crippen MR) is 92.9 cm³/mol. The lowest BCUT2D eigenvalue weighted by Gasteiger charge is -2.28. The van der Waals surface area contributed by atoms with Gasteiger partial charge in [0, 0.05) is 19.6 Å². The van der Waals surface area contributed by atoms with Gasteiger partial charge in [0.1, 0.15) is 23.0 Å². The van der Waals surface area contributed by atoms with Gasteiger partial charge in [-0.1, -0.05) is 0 Å². The second-order valence-corrected chi connectivity index (χ2v) is 6.54. The summed E-state index contributed by atoms with van der Waals surface area (Å²) >= 11 is 0. The van der Waals surface area contributed by atoms with Crippen molar-refractivity contribution in [1.82, 2.24) is 9.80 Å². The standard InChI is InChI=1S/C19H28N2O3/c1-16-4-6-18(23-16)14-21(15-19-7-5-17(2)24-19)9-3-8-20-10-12-22-13-11-20/h4-7H,3,8-15H2,1-2H3. The average molecular weight is 332 g/mol. The van der Waals surface area contributed by atoms with Gasteiger partial charge in [-0.3, -0.25) is 9.80 Å². The van der Waals surface area contributed by atoms with Gasteiger partial charge >= 0.3 is 0 Å². The van der Waals surface area contributed by atoms with E-state index in [1.807, 2.05) is 26.0 Å². The molecule has 0 spiro atoms. The Morgan fingerprint density at radius 3 is 2.00 bits per heavy atom. The van der Waals surface area contributed by atoms with Crippen LogP contribution in [0.15, 0.2) is 33.1 Å². The summed E-state index contributed by atoms with van der Waals surface area (Å²) in [5.74, 6) is 3.96. The molecule has 0 amide bonds. The van der Waals surface area contributed by atoms with Crippen molar-refractivity contribution >= 4 is 0 Å². The first-order valence-corrected chi connectivity index (χ1v) is 8.82. The molecule has 1 aliphatic heterocycles. The summed E-state index contributed by atoms with van der Waals surface area (Å²) in [5.41, 5.74) is 0. The molecule has 132 valence electrons. The Morgan fingerprint density at radius 1 is 0.917 bits per heavy atom. The van der Waals surface area contributed by atoms with E-state index in [-0.39, 0.29) is 0 Å². The summed E-state index contributed by atoms with van der Waals surface area (Å²) in [6.07, 6.45) is 1.14. The zero-order chi connectivity index (χ0) is 16.8. The zero-order valence-corrected chi connectivity index (χ0v) is 14.8. The molecular weight excluding hydrogens is 304 g/mol. The van der Waals surface area contributed by atoms with Crippen molar-refractivity contribution in [2.45, 2.75) is 33.4 Å². The van der Waals surface area contributed by atoms with Crippen LogP contribution >= 0.6 is 0 Å². The van der Waals surface area contributed by atoms with E-state index in [2.05, 4.69) is 21.9 Å². The molecule has 0 N–H and O–H groups in total. The highest BCUT2D eigenvalue weighted by Gasteiger charge is 2.14. The van der Waals surface area contributed by atoms with E-state index >= 15 is 0 Å². The molecule has 1 fully saturated rings. The lowest BCUT2D eigenvalue weighted by Crippen LogP contribution is -2.38. The van der Waals surface area contributed by atoms with Crippen LogP contribution in [0.5, 0.6) is 0 Å². The van der Waals surface area contributed by atoms with Gasteiger partial charge in [-0.25, -0.2) is 0 Å². The van der Waals surface area contributed by atoms with Gasteiger partial charge in [0.05, 0.1) is 26.3 Å². The summed E-state index contributed by atoms with van der Waals surface area (Å²) < 4.78 is 16.9. The van der Waals surface area contributed by atoms with Gasteiger partial charge < -0.3 is 13.6 Å². The fourth-order valence-corrected chi connectivity index (χ4v) is 3.14. The Bertz CT molecular complexity index is 571. The first kappa shape index (κ1) is 17.3. The van der Waals surface area contributed by atoms with Crippen molar-refractivity contribution in [3.63, 3.8) is 0 Å². The monoisotopic (exact) mass is 332 g/mol. The van der Waals surface area contributed by atoms with Crippen molar-refractivity contribution in [3.8, 4) is 0 Å². The molecule has 0 aliphatic carbocycles. The van der Waals surface area contributed by atoms with Crippen LogP contribution < -0.4 is 0 Å². The third kappa shape index (κ3) is 5.23. The minimum Gasteiger partial charge on any atom is -0.465 e. The summed E-state index contributed by atoms with van der Waals surface area (Å²) in [6.45, 7) is 11.6. The third-order valence-corrected chi connectivity index (χ3v) is 4.40. The van der Waals surface area contributed by atoms with Crippen molar-refractivity contribution in [2.75, 3.05) is 39.4 Å². The van der Waals surface area contributed by atoms with E-state index in [1.54, 1.807) is 0 Å². The molecule has 5 nitrogen and oxygen atoms in total. The van der Waals surface area contributed by atoms with Gasteiger partial charge in [0.2, 0.25) is 0 Å². The molecule has 3 rings (SSSR count). The largest absolute Gasteiger partial charge is 0.465 e. The molecule has 0 radical (unpaired) electrons. The summed E-state index contributed by atoms with van der Waals surface area (Å²) in [5, 5.41) is 0. The van der Waals surface area contributed by atoms with E-state index in [4.69, 9.17) is 13.6 Å². The number of morpholine rings is 1.